The smallest absolute Gasteiger partial charge is 0.404 e. The number of carbonyl (C=O) groups excluding carboxylic acids is 2. The first-order valence-electron chi connectivity index (χ1n) is 7.64. The molecule has 1 aromatic heterocycles. The summed E-state index contributed by atoms with van der Waals surface area (Å²) in [5.74, 6) is -4.58. The number of nitrogens with one attached hydrogen (secondary N) is 2. The van der Waals surface area contributed by atoms with Gasteiger partial charge in [0.15, 0.2) is 10.8 Å². The maximum atomic E-state index is 12.6. The SMILES string of the molecule is NC(=O)OC[C@@H](NS(=O)(=O)O)[C@H](NC(=O)/C(=N\OCC(=O)O)c1csc(N)n1)C(=O)O. The molecule has 172 valence electrons. The third kappa shape index (κ3) is 9.20. The molecule has 0 radical (unpaired) electrons. The van der Waals surface area contributed by atoms with E-state index in [1.807, 2.05) is 5.32 Å². The normalized spacial score (nSPS) is 13.6. The minimum Gasteiger partial charge on any atom is -0.480 e. The number of aromatic nitrogens is 1. The number of rotatable bonds is 12. The van der Waals surface area contributed by atoms with Crippen LogP contribution in [0.1, 0.15) is 5.69 Å². The van der Waals surface area contributed by atoms with Crippen molar-refractivity contribution in [1.29, 1.82) is 0 Å². The van der Waals surface area contributed by atoms with Crippen LogP contribution in [-0.4, -0.2) is 83.1 Å². The van der Waals surface area contributed by atoms with E-state index in [1.165, 1.54) is 10.1 Å². The number of anilines is 1. The lowest BCUT2D eigenvalue weighted by Gasteiger charge is -2.24. The number of thiazole rings is 1. The second-order valence-electron chi connectivity index (χ2n) is 5.30. The van der Waals surface area contributed by atoms with Crippen molar-refractivity contribution in [2.45, 2.75) is 12.1 Å². The summed E-state index contributed by atoms with van der Waals surface area (Å²) in [5.41, 5.74) is 9.28. The van der Waals surface area contributed by atoms with Gasteiger partial charge in [0.25, 0.3) is 5.91 Å². The predicted octanol–water partition coefficient (Wildman–Crippen LogP) is -3.04. The van der Waals surface area contributed by atoms with Gasteiger partial charge >= 0.3 is 28.3 Å². The van der Waals surface area contributed by atoms with Gasteiger partial charge in [-0.15, -0.1) is 11.3 Å². The number of primary amides is 1. The van der Waals surface area contributed by atoms with Crippen molar-refractivity contribution in [3.05, 3.63) is 11.1 Å². The molecule has 0 aliphatic carbocycles. The van der Waals surface area contributed by atoms with Crippen molar-refractivity contribution in [2.75, 3.05) is 18.9 Å². The van der Waals surface area contributed by atoms with Crippen LogP contribution < -0.4 is 21.5 Å². The number of carboxylic acid groups (broad SMARTS) is 2. The number of carbonyl (C=O) groups is 4. The van der Waals surface area contributed by atoms with Crippen molar-refractivity contribution in [2.24, 2.45) is 10.9 Å². The highest BCUT2D eigenvalue weighted by atomic mass is 32.2. The van der Waals surface area contributed by atoms with E-state index < -0.39 is 65.3 Å². The highest BCUT2D eigenvalue weighted by molar-refractivity contribution is 7.83. The lowest BCUT2D eigenvalue weighted by Crippen LogP contribution is -2.58. The van der Waals surface area contributed by atoms with Gasteiger partial charge in [0, 0.05) is 5.38 Å². The molecule has 1 aromatic rings. The van der Waals surface area contributed by atoms with E-state index in [4.69, 9.17) is 21.1 Å². The van der Waals surface area contributed by atoms with Crippen LogP contribution in [0, 0.1) is 0 Å². The first-order valence-corrected chi connectivity index (χ1v) is 9.96. The second kappa shape index (κ2) is 11.0. The molecule has 0 bridgehead atoms. The first kappa shape index (κ1) is 25.5. The Balaban J connectivity index is 3.21. The number of hydrogen-bond donors (Lipinski definition) is 7. The number of ether oxygens (including phenoxy) is 1. The van der Waals surface area contributed by atoms with Crippen LogP contribution in [0.3, 0.4) is 0 Å². The van der Waals surface area contributed by atoms with Crippen LogP contribution in [0.25, 0.3) is 0 Å². The molecule has 2 amide bonds. The Morgan fingerprint density at radius 1 is 1.29 bits per heavy atom. The molecule has 17 nitrogen and oxygen atoms in total. The van der Waals surface area contributed by atoms with Crippen LogP contribution in [0.15, 0.2) is 10.5 Å². The summed E-state index contributed by atoms with van der Waals surface area (Å²) < 4.78 is 37.0. The Morgan fingerprint density at radius 3 is 2.39 bits per heavy atom. The number of nitrogen functional groups attached to an aromatic ring is 1. The minimum absolute atomic E-state index is 0.0238. The van der Waals surface area contributed by atoms with Crippen LogP contribution >= 0.6 is 11.3 Å². The molecule has 0 aliphatic heterocycles. The fourth-order valence-corrected chi connectivity index (χ4v) is 2.99. The molecular formula is C12H16N6O11S2. The lowest BCUT2D eigenvalue weighted by atomic mass is 10.1. The van der Waals surface area contributed by atoms with Gasteiger partial charge in [0.1, 0.15) is 18.3 Å². The molecule has 9 N–H and O–H groups in total. The summed E-state index contributed by atoms with van der Waals surface area (Å²) in [5, 5.41) is 24.3. The van der Waals surface area contributed by atoms with Gasteiger partial charge in [-0.3, -0.25) is 9.35 Å². The van der Waals surface area contributed by atoms with Crippen LogP contribution in [0.5, 0.6) is 0 Å². The van der Waals surface area contributed by atoms with Crippen molar-refractivity contribution in [3.8, 4) is 0 Å². The number of nitrogens with two attached hydrogens (primary N) is 2. The third-order valence-corrected chi connectivity index (χ3v) is 4.26. The quantitative estimate of drug-likeness (QED) is 0.0883. The second-order valence-corrected chi connectivity index (χ2v) is 7.37. The summed E-state index contributed by atoms with van der Waals surface area (Å²) in [6.45, 7) is -1.96. The molecule has 0 fully saturated rings. The molecule has 0 saturated heterocycles. The highest BCUT2D eigenvalue weighted by Gasteiger charge is 2.35. The third-order valence-electron chi connectivity index (χ3n) is 2.98. The van der Waals surface area contributed by atoms with Crippen molar-refractivity contribution in [3.63, 3.8) is 0 Å². The minimum atomic E-state index is -5.02. The van der Waals surface area contributed by atoms with Gasteiger partial charge in [-0.1, -0.05) is 5.16 Å². The number of nitrogens with zero attached hydrogens (tertiary/aromatic N) is 2. The van der Waals surface area contributed by atoms with Crippen molar-refractivity contribution >= 4 is 56.4 Å². The van der Waals surface area contributed by atoms with Crippen LogP contribution in [0.2, 0.25) is 0 Å². The number of aliphatic carboxylic acids is 2. The molecular weight excluding hydrogens is 468 g/mol. The Kier molecular flexibility index (Phi) is 9.05. The Hall–Kier alpha value is -3.55. The summed E-state index contributed by atoms with van der Waals surface area (Å²) >= 11 is 0.862. The molecule has 0 aliphatic rings. The molecule has 0 saturated carbocycles. The van der Waals surface area contributed by atoms with E-state index in [0.29, 0.717) is 0 Å². The maximum Gasteiger partial charge on any atom is 0.404 e. The molecule has 2 atom stereocenters. The zero-order valence-electron chi connectivity index (χ0n) is 15.1. The summed E-state index contributed by atoms with van der Waals surface area (Å²) in [4.78, 5) is 53.7. The van der Waals surface area contributed by atoms with E-state index >= 15 is 0 Å². The van der Waals surface area contributed by atoms with E-state index in [2.05, 4.69) is 19.7 Å². The van der Waals surface area contributed by atoms with E-state index in [1.54, 1.807) is 0 Å². The molecule has 0 aromatic carbocycles. The maximum absolute atomic E-state index is 12.6. The average molecular weight is 484 g/mol. The van der Waals surface area contributed by atoms with Crippen LogP contribution in [-0.2, 0) is 34.3 Å². The van der Waals surface area contributed by atoms with E-state index in [9.17, 15) is 32.7 Å². The van der Waals surface area contributed by atoms with Gasteiger partial charge in [-0.25, -0.2) is 19.4 Å². The Bertz CT molecular complexity index is 975. The summed E-state index contributed by atoms with van der Waals surface area (Å²) in [6, 6.07) is -4.07. The number of oxime groups is 1. The molecule has 31 heavy (non-hydrogen) atoms. The zero-order valence-corrected chi connectivity index (χ0v) is 16.8. The molecule has 0 unspecified atom stereocenters. The Morgan fingerprint density at radius 2 is 1.94 bits per heavy atom. The largest absolute Gasteiger partial charge is 0.480 e. The topological polar surface area (TPSA) is 283 Å². The fourth-order valence-electron chi connectivity index (χ4n) is 1.86. The van der Waals surface area contributed by atoms with Crippen molar-refractivity contribution < 1.29 is 51.9 Å². The van der Waals surface area contributed by atoms with Gasteiger partial charge in [-0.05, 0) is 0 Å². The number of carboxylic acids is 2. The van der Waals surface area contributed by atoms with Gasteiger partial charge < -0.3 is 36.6 Å². The molecule has 1 rings (SSSR count). The van der Waals surface area contributed by atoms with Crippen molar-refractivity contribution in [1.82, 2.24) is 15.0 Å². The average Bonchev–Trinajstić information content (AvgIpc) is 3.04. The number of hydrogen-bond acceptors (Lipinski definition) is 12. The number of amides is 2. The predicted molar refractivity (Wildman–Crippen MR) is 100 cm³/mol. The van der Waals surface area contributed by atoms with Gasteiger partial charge in [-0.2, -0.15) is 13.1 Å². The highest BCUT2D eigenvalue weighted by Crippen LogP contribution is 2.13. The fraction of sp³-hybridized carbons (Fsp3) is 0.333. The monoisotopic (exact) mass is 484 g/mol. The van der Waals surface area contributed by atoms with E-state index in [-0.39, 0.29) is 10.8 Å². The Labute approximate surface area is 176 Å². The lowest BCUT2D eigenvalue weighted by molar-refractivity contribution is -0.142. The van der Waals surface area contributed by atoms with E-state index in [0.717, 1.165) is 11.3 Å². The molecule has 1 heterocycles. The van der Waals surface area contributed by atoms with Gasteiger partial charge in [0.2, 0.25) is 6.61 Å². The van der Waals surface area contributed by atoms with Crippen LogP contribution in [0.4, 0.5) is 9.93 Å². The summed E-state index contributed by atoms with van der Waals surface area (Å²) in [6.07, 6.45) is -1.40. The summed E-state index contributed by atoms with van der Waals surface area (Å²) in [7, 11) is -5.02. The zero-order chi connectivity index (χ0) is 23.8. The standard InChI is InChI=1S/C12H16N6O11S2/c13-11-15-5(3-30-11)7(17-29-2-6(19)20)9(21)16-8(10(22)23)4(1-28-12(14)24)18-31(25,26)27/h3-4,8,18H,1-2H2,(H2,13,15)(H2,14,24)(H,16,21)(H,19,20)(H,22,23)(H,25,26,27)/b17-7-/t4-,8+/m1/s1. The first-order chi connectivity index (χ1) is 14.3. The molecule has 19 heteroatoms. The molecule has 0 spiro atoms. The van der Waals surface area contributed by atoms with Gasteiger partial charge in [0.05, 0.1) is 6.04 Å².